The van der Waals surface area contributed by atoms with Gasteiger partial charge in [-0.15, -0.1) is 11.8 Å². The van der Waals surface area contributed by atoms with Gasteiger partial charge in [0.05, 0.1) is 5.75 Å². The van der Waals surface area contributed by atoms with Gasteiger partial charge in [0.15, 0.2) is 0 Å². The smallest absolute Gasteiger partial charge is 0.223 e. The zero-order valence-corrected chi connectivity index (χ0v) is 9.87. The SMILES string of the molecule is Nc1ncnc(CSc2cccc(Cl)c2)n1. The van der Waals surface area contributed by atoms with Crippen LogP contribution in [0.2, 0.25) is 5.02 Å². The zero-order chi connectivity index (χ0) is 11.4. The molecular formula is C10H9ClN4S. The minimum absolute atomic E-state index is 0.247. The number of hydrogen-bond acceptors (Lipinski definition) is 5. The Morgan fingerprint density at radius 1 is 1.31 bits per heavy atom. The van der Waals surface area contributed by atoms with Gasteiger partial charge in [-0.05, 0) is 18.2 Å². The van der Waals surface area contributed by atoms with E-state index in [-0.39, 0.29) is 5.95 Å². The average Bonchev–Trinajstić information content (AvgIpc) is 2.27. The van der Waals surface area contributed by atoms with Crippen molar-refractivity contribution >= 4 is 29.3 Å². The Hall–Kier alpha value is -1.33. The number of aromatic nitrogens is 3. The molecule has 0 aliphatic heterocycles. The molecule has 0 saturated carbocycles. The molecule has 0 bridgehead atoms. The summed E-state index contributed by atoms with van der Waals surface area (Å²) in [7, 11) is 0. The third kappa shape index (κ3) is 3.08. The molecule has 16 heavy (non-hydrogen) atoms. The van der Waals surface area contributed by atoms with Crippen LogP contribution in [0.25, 0.3) is 0 Å². The van der Waals surface area contributed by atoms with Gasteiger partial charge < -0.3 is 5.73 Å². The summed E-state index contributed by atoms with van der Waals surface area (Å²) >= 11 is 7.48. The number of halogens is 1. The Balaban J connectivity index is 2.02. The van der Waals surface area contributed by atoms with Crippen LogP contribution in [0, 0.1) is 0 Å². The van der Waals surface area contributed by atoms with Crippen LogP contribution in [0.15, 0.2) is 35.5 Å². The lowest BCUT2D eigenvalue weighted by Crippen LogP contribution is -2.00. The highest BCUT2D eigenvalue weighted by Gasteiger charge is 2.00. The standard InChI is InChI=1S/C10H9ClN4S/c11-7-2-1-3-8(4-7)16-5-9-13-6-14-10(12)15-9/h1-4,6H,5H2,(H2,12,13,14,15). The fraction of sp³-hybridized carbons (Fsp3) is 0.100. The third-order valence-electron chi connectivity index (χ3n) is 1.80. The molecular weight excluding hydrogens is 244 g/mol. The topological polar surface area (TPSA) is 64.7 Å². The summed E-state index contributed by atoms with van der Waals surface area (Å²) in [6, 6.07) is 7.64. The summed E-state index contributed by atoms with van der Waals surface area (Å²) in [6.07, 6.45) is 1.41. The molecule has 2 aromatic rings. The highest BCUT2D eigenvalue weighted by Crippen LogP contribution is 2.23. The van der Waals surface area contributed by atoms with Crippen molar-refractivity contribution in [1.82, 2.24) is 15.0 Å². The molecule has 0 unspecified atom stereocenters. The van der Waals surface area contributed by atoms with Crippen LogP contribution in [0.3, 0.4) is 0 Å². The van der Waals surface area contributed by atoms with Crippen LogP contribution < -0.4 is 5.73 Å². The molecule has 4 nitrogen and oxygen atoms in total. The van der Waals surface area contributed by atoms with Gasteiger partial charge in [0, 0.05) is 9.92 Å². The molecule has 0 fully saturated rings. The van der Waals surface area contributed by atoms with E-state index in [1.54, 1.807) is 11.8 Å². The second kappa shape index (κ2) is 5.14. The Labute approximate surface area is 102 Å². The monoisotopic (exact) mass is 252 g/mol. The van der Waals surface area contributed by atoms with E-state index >= 15 is 0 Å². The number of nitrogens with zero attached hydrogens (tertiary/aromatic N) is 3. The zero-order valence-electron chi connectivity index (χ0n) is 8.30. The summed E-state index contributed by atoms with van der Waals surface area (Å²) in [5.41, 5.74) is 5.46. The van der Waals surface area contributed by atoms with Crippen molar-refractivity contribution in [3.05, 3.63) is 41.4 Å². The van der Waals surface area contributed by atoms with E-state index in [0.29, 0.717) is 11.6 Å². The van der Waals surface area contributed by atoms with Crippen LogP contribution in [0.1, 0.15) is 5.82 Å². The number of thioether (sulfide) groups is 1. The van der Waals surface area contributed by atoms with Gasteiger partial charge in [-0.2, -0.15) is 4.98 Å². The summed E-state index contributed by atoms with van der Waals surface area (Å²) in [6.45, 7) is 0. The van der Waals surface area contributed by atoms with Crippen molar-refractivity contribution in [2.24, 2.45) is 0 Å². The van der Waals surface area contributed by atoms with Gasteiger partial charge in [-0.25, -0.2) is 9.97 Å². The summed E-state index contributed by atoms with van der Waals surface area (Å²) < 4.78 is 0. The normalized spacial score (nSPS) is 10.3. The lowest BCUT2D eigenvalue weighted by Gasteiger charge is -2.01. The van der Waals surface area contributed by atoms with E-state index < -0.39 is 0 Å². The van der Waals surface area contributed by atoms with E-state index in [1.165, 1.54) is 6.33 Å². The minimum Gasteiger partial charge on any atom is -0.368 e. The highest BCUT2D eigenvalue weighted by molar-refractivity contribution is 7.98. The quantitative estimate of drug-likeness (QED) is 0.850. The lowest BCUT2D eigenvalue weighted by atomic mass is 10.4. The molecule has 1 aromatic heterocycles. The average molecular weight is 253 g/mol. The minimum atomic E-state index is 0.247. The fourth-order valence-electron chi connectivity index (χ4n) is 1.12. The molecule has 0 radical (unpaired) electrons. The van der Waals surface area contributed by atoms with E-state index in [0.717, 1.165) is 9.92 Å². The van der Waals surface area contributed by atoms with Crippen molar-refractivity contribution in [2.75, 3.05) is 5.73 Å². The van der Waals surface area contributed by atoms with E-state index in [9.17, 15) is 0 Å². The Morgan fingerprint density at radius 3 is 2.94 bits per heavy atom. The van der Waals surface area contributed by atoms with E-state index in [4.69, 9.17) is 17.3 Å². The Bertz CT molecular complexity index is 446. The van der Waals surface area contributed by atoms with Crippen molar-refractivity contribution in [2.45, 2.75) is 10.6 Å². The van der Waals surface area contributed by atoms with Crippen molar-refractivity contribution in [3.63, 3.8) is 0 Å². The molecule has 2 N–H and O–H groups in total. The number of nitrogens with two attached hydrogens (primary N) is 1. The maximum absolute atomic E-state index is 5.88. The molecule has 0 amide bonds. The van der Waals surface area contributed by atoms with Gasteiger partial charge in [0.2, 0.25) is 5.95 Å². The van der Waals surface area contributed by atoms with Gasteiger partial charge in [-0.1, -0.05) is 17.7 Å². The first kappa shape index (κ1) is 11.2. The summed E-state index contributed by atoms with van der Waals surface area (Å²) in [4.78, 5) is 12.8. The predicted octanol–water partition coefficient (Wildman–Crippen LogP) is 2.40. The second-order valence-corrected chi connectivity index (χ2v) is 4.49. The first-order valence-electron chi connectivity index (χ1n) is 4.56. The summed E-state index contributed by atoms with van der Waals surface area (Å²) in [5, 5.41) is 0.722. The number of nitrogen functional groups attached to an aromatic ring is 1. The molecule has 0 aliphatic rings. The second-order valence-electron chi connectivity index (χ2n) is 3.01. The molecule has 6 heteroatoms. The van der Waals surface area contributed by atoms with Gasteiger partial charge >= 0.3 is 0 Å². The lowest BCUT2D eigenvalue weighted by molar-refractivity contribution is 0.974. The van der Waals surface area contributed by atoms with Crippen LogP contribution in [0.4, 0.5) is 5.95 Å². The van der Waals surface area contributed by atoms with Crippen LogP contribution in [0.5, 0.6) is 0 Å². The first-order valence-corrected chi connectivity index (χ1v) is 5.92. The number of anilines is 1. The Kier molecular flexibility index (Phi) is 3.58. The molecule has 82 valence electrons. The molecule has 0 aliphatic carbocycles. The Morgan fingerprint density at radius 2 is 2.19 bits per heavy atom. The molecule has 0 atom stereocenters. The molecule has 0 spiro atoms. The first-order chi connectivity index (χ1) is 7.74. The van der Waals surface area contributed by atoms with Gasteiger partial charge in [0.1, 0.15) is 12.2 Å². The van der Waals surface area contributed by atoms with Gasteiger partial charge in [-0.3, -0.25) is 0 Å². The number of hydrogen-bond donors (Lipinski definition) is 1. The molecule has 1 heterocycles. The summed E-state index contributed by atoms with van der Waals surface area (Å²) in [5.74, 6) is 1.56. The van der Waals surface area contributed by atoms with Crippen LogP contribution in [-0.4, -0.2) is 15.0 Å². The number of rotatable bonds is 3. The maximum Gasteiger partial charge on any atom is 0.223 e. The van der Waals surface area contributed by atoms with E-state index in [2.05, 4.69) is 15.0 Å². The van der Waals surface area contributed by atoms with Crippen LogP contribution in [-0.2, 0) is 5.75 Å². The molecule has 1 aromatic carbocycles. The van der Waals surface area contributed by atoms with Crippen molar-refractivity contribution in [3.8, 4) is 0 Å². The molecule has 2 rings (SSSR count). The highest BCUT2D eigenvalue weighted by atomic mass is 35.5. The maximum atomic E-state index is 5.88. The molecule has 0 saturated heterocycles. The predicted molar refractivity (Wildman–Crippen MR) is 65.3 cm³/mol. The van der Waals surface area contributed by atoms with Crippen molar-refractivity contribution < 1.29 is 0 Å². The van der Waals surface area contributed by atoms with Crippen molar-refractivity contribution in [1.29, 1.82) is 0 Å². The fourth-order valence-corrected chi connectivity index (χ4v) is 2.19. The number of benzene rings is 1. The van der Waals surface area contributed by atoms with Crippen LogP contribution >= 0.6 is 23.4 Å². The largest absolute Gasteiger partial charge is 0.368 e. The van der Waals surface area contributed by atoms with E-state index in [1.807, 2.05) is 24.3 Å². The van der Waals surface area contributed by atoms with Gasteiger partial charge in [0.25, 0.3) is 0 Å². The third-order valence-corrected chi connectivity index (χ3v) is 3.03.